The van der Waals surface area contributed by atoms with Crippen molar-refractivity contribution < 1.29 is 4.79 Å². The average Bonchev–Trinajstić information content (AvgIpc) is 2.89. The van der Waals surface area contributed by atoms with Crippen LogP contribution in [0.15, 0.2) is 23.6 Å². The average molecular weight is 330 g/mol. The fraction of sp³-hybridized carbons (Fsp3) is 0.231. The maximum absolute atomic E-state index is 11.9. The van der Waals surface area contributed by atoms with E-state index in [1.807, 2.05) is 12.4 Å². The molecule has 1 amide bonds. The third-order valence-electron chi connectivity index (χ3n) is 2.61. The SMILES string of the molecule is CNc1nc(CCNC(=O)c2ccc(Cl)c(Cl)c2)cs1. The Hall–Kier alpha value is -1.30. The van der Waals surface area contributed by atoms with Gasteiger partial charge in [0.25, 0.3) is 5.91 Å². The first-order chi connectivity index (χ1) is 9.60. The first kappa shape index (κ1) is 15.1. The fourth-order valence-electron chi connectivity index (χ4n) is 1.58. The quantitative estimate of drug-likeness (QED) is 0.883. The third-order valence-corrected chi connectivity index (χ3v) is 4.26. The Labute approximate surface area is 131 Å². The van der Waals surface area contributed by atoms with Crippen molar-refractivity contribution >= 4 is 45.6 Å². The van der Waals surface area contributed by atoms with Crippen molar-refractivity contribution in [1.29, 1.82) is 0 Å². The van der Waals surface area contributed by atoms with Gasteiger partial charge in [-0.25, -0.2) is 4.98 Å². The highest BCUT2D eigenvalue weighted by molar-refractivity contribution is 7.13. The normalized spacial score (nSPS) is 10.3. The van der Waals surface area contributed by atoms with Crippen LogP contribution in [0.5, 0.6) is 0 Å². The topological polar surface area (TPSA) is 54.0 Å². The van der Waals surface area contributed by atoms with Gasteiger partial charge in [-0.15, -0.1) is 11.3 Å². The summed E-state index contributed by atoms with van der Waals surface area (Å²) >= 11 is 13.2. The maximum Gasteiger partial charge on any atom is 0.251 e. The van der Waals surface area contributed by atoms with Crippen LogP contribution in [-0.4, -0.2) is 24.5 Å². The summed E-state index contributed by atoms with van der Waals surface area (Å²) < 4.78 is 0. The van der Waals surface area contributed by atoms with Gasteiger partial charge in [-0.3, -0.25) is 4.79 Å². The molecule has 4 nitrogen and oxygen atoms in total. The molecule has 2 rings (SSSR count). The molecule has 0 saturated heterocycles. The third kappa shape index (κ3) is 3.85. The molecule has 106 valence electrons. The zero-order valence-electron chi connectivity index (χ0n) is 10.7. The van der Waals surface area contributed by atoms with Gasteiger partial charge in [0.1, 0.15) is 0 Å². The number of nitrogens with one attached hydrogen (secondary N) is 2. The monoisotopic (exact) mass is 329 g/mol. The molecule has 7 heteroatoms. The molecule has 0 bridgehead atoms. The Morgan fingerprint density at radius 1 is 1.35 bits per heavy atom. The van der Waals surface area contributed by atoms with Crippen LogP contribution in [0.1, 0.15) is 16.1 Å². The molecule has 20 heavy (non-hydrogen) atoms. The van der Waals surface area contributed by atoms with Crippen LogP contribution in [0.4, 0.5) is 5.13 Å². The van der Waals surface area contributed by atoms with Crippen molar-refractivity contribution in [3.8, 4) is 0 Å². The van der Waals surface area contributed by atoms with Gasteiger partial charge >= 0.3 is 0 Å². The van der Waals surface area contributed by atoms with E-state index in [2.05, 4.69) is 15.6 Å². The lowest BCUT2D eigenvalue weighted by Crippen LogP contribution is -2.25. The van der Waals surface area contributed by atoms with E-state index in [0.29, 0.717) is 28.6 Å². The van der Waals surface area contributed by atoms with Gasteiger partial charge in [-0.2, -0.15) is 0 Å². The number of nitrogens with zero attached hydrogens (tertiary/aromatic N) is 1. The predicted molar refractivity (Wildman–Crippen MR) is 84.2 cm³/mol. The molecule has 0 atom stereocenters. The first-order valence-corrected chi connectivity index (χ1v) is 7.59. The molecule has 0 aliphatic heterocycles. The van der Waals surface area contributed by atoms with Crippen LogP contribution in [0.3, 0.4) is 0 Å². The lowest BCUT2D eigenvalue weighted by molar-refractivity contribution is 0.0954. The minimum absolute atomic E-state index is 0.173. The zero-order chi connectivity index (χ0) is 14.5. The van der Waals surface area contributed by atoms with Crippen LogP contribution >= 0.6 is 34.5 Å². The maximum atomic E-state index is 11.9. The zero-order valence-corrected chi connectivity index (χ0v) is 13.1. The molecule has 1 heterocycles. The van der Waals surface area contributed by atoms with E-state index >= 15 is 0 Å². The number of thiazole rings is 1. The summed E-state index contributed by atoms with van der Waals surface area (Å²) in [7, 11) is 1.83. The van der Waals surface area contributed by atoms with E-state index in [0.717, 1.165) is 10.8 Å². The summed E-state index contributed by atoms with van der Waals surface area (Å²) in [5.74, 6) is -0.173. The molecule has 2 N–H and O–H groups in total. The fourth-order valence-corrected chi connectivity index (χ4v) is 2.58. The first-order valence-electron chi connectivity index (χ1n) is 5.95. The van der Waals surface area contributed by atoms with Crippen molar-refractivity contribution in [3.63, 3.8) is 0 Å². The van der Waals surface area contributed by atoms with Gasteiger partial charge in [0.05, 0.1) is 15.7 Å². The Morgan fingerprint density at radius 3 is 2.80 bits per heavy atom. The van der Waals surface area contributed by atoms with Gasteiger partial charge in [0.2, 0.25) is 0 Å². The predicted octanol–water partition coefficient (Wildman–Crippen LogP) is 3.46. The van der Waals surface area contributed by atoms with Crippen molar-refractivity contribution in [2.24, 2.45) is 0 Å². The van der Waals surface area contributed by atoms with E-state index in [-0.39, 0.29) is 5.91 Å². The Bertz CT molecular complexity index is 615. The number of amides is 1. The highest BCUT2D eigenvalue weighted by Crippen LogP contribution is 2.22. The molecule has 0 fully saturated rings. The van der Waals surface area contributed by atoms with Crippen molar-refractivity contribution in [2.75, 3.05) is 18.9 Å². The van der Waals surface area contributed by atoms with E-state index < -0.39 is 0 Å². The molecule has 2 aromatic rings. The van der Waals surface area contributed by atoms with Crippen molar-refractivity contribution in [1.82, 2.24) is 10.3 Å². The minimum Gasteiger partial charge on any atom is -0.365 e. The number of carbonyl (C=O) groups is 1. The lowest BCUT2D eigenvalue weighted by Gasteiger charge is -2.05. The molecule has 0 aliphatic carbocycles. The smallest absolute Gasteiger partial charge is 0.251 e. The van der Waals surface area contributed by atoms with E-state index in [9.17, 15) is 4.79 Å². The summed E-state index contributed by atoms with van der Waals surface area (Å²) in [6.45, 7) is 0.520. The van der Waals surface area contributed by atoms with Crippen LogP contribution in [0, 0.1) is 0 Å². The molecule has 0 radical (unpaired) electrons. The molecular weight excluding hydrogens is 317 g/mol. The molecule has 0 unspecified atom stereocenters. The van der Waals surface area contributed by atoms with E-state index in [1.54, 1.807) is 29.5 Å². The van der Waals surface area contributed by atoms with Gasteiger partial charge < -0.3 is 10.6 Å². The molecule has 0 aliphatic rings. The number of aromatic nitrogens is 1. The highest BCUT2D eigenvalue weighted by atomic mass is 35.5. The van der Waals surface area contributed by atoms with Crippen LogP contribution in [-0.2, 0) is 6.42 Å². The van der Waals surface area contributed by atoms with Gasteiger partial charge in [0, 0.05) is 31.0 Å². The van der Waals surface area contributed by atoms with Crippen molar-refractivity contribution in [3.05, 3.63) is 44.9 Å². The number of halogens is 2. The second-order valence-corrected chi connectivity index (χ2v) is 5.70. The van der Waals surface area contributed by atoms with Crippen LogP contribution < -0.4 is 10.6 Å². The summed E-state index contributed by atoms with van der Waals surface area (Å²) in [6, 6.07) is 4.81. The van der Waals surface area contributed by atoms with Crippen molar-refractivity contribution in [2.45, 2.75) is 6.42 Å². The van der Waals surface area contributed by atoms with Gasteiger partial charge in [-0.05, 0) is 18.2 Å². The highest BCUT2D eigenvalue weighted by Gasteiger charge is 2.08. The summed E-state index contributed by atoms with van der Waals surface area (Å²) in [4.78, 5) is 16.3. The van der Waals surface area contributed by atoms with Gasteiger partial charge in [-0.1, -0.05) is 23.2 Å². The summed E-state index contributed by atoms with van der Waals surface area (Å²) in [5.41, 5.74) is 1.45. The number of carbonyl (C=O) groups excluding carboxylic acids is 1. The Balaban J connectivity index is 1.87. The largest absolute Gasteiger partial charge is 0.365 e. The number of hydrogen-bond donors (Lipinski definition) is 2. The molecule has 0 saturated carbocycles. The Morgan fingerprint density at radius 2 is 2.15 bits per heavy atom. The lowest BCUT2D eigenvalue weighted by atomic mass is 10.2. The Kier molecular flexibility index (Phi) is 5.23. The minimum atomic E-state index is -0.173. The van der Waals surface area contributed by atoms with E-state index in [4.69, 9.17) is 23.2 Å². The number of anilines is 1. The number of rotatable bonds is 5. The number of benzene rings is 1. The molecule has 1 aromatic carbocycles. The van der Waals surface area contributed by atoms with Crippen LogP contribution in [0.2, 0.25) is 10.0 Å². The van der Waals surface area contributed by atoms with Crippen LogP contribution in [0.25, 0.3) is 0 Å². The summed E-state index contributed by atoms with van der Waals surface area (Å²) in [6.07, 6.45) is 0.686. The second-order valence-electron chi connectivity index (χ2n) is 4.03. The number of hydrogen-bond acceptors (Lipinski definition) is 4. The molecule has 1 aromatic heterocycles. The molecular formula is C13H13Cl2N3OS. The molecule has 0 spiro atoms. The van der Waals surface area contributed by atoms with E-state index in [1.165, 1.54) is 0 Å². The summed E-state index contributed by atoms with van der Waals surface area (Å²) in [5, 5.41) is 9.45. The second kappa shape index (κ2) is 6.92. The standard InChI is InChI=1S/C13H13Cl2N3OS/c1-16-13-18-9(7-20-13)4-5-17-12(19)8-2-3-10(14)11(15)6-8/h2-3,6-7H,4-5H2,1H3,(H,16,18)(H,17,19). The van der Waals surface area contributed by atoms with Gasteiger partial charge in [0.15, 0.2) is 5.13 Å².